The van der Waals surface area contributed by atoms with Gasteiger partial charge in [-0.15, -0.1) is 0 Å². The molecule has 25 heavy (non-hydrogen) atoms. The van der Waals surface area contributed by atoms with Crippen LogP contribution in [0.1, 0.15) is 24.0 Å². The number of benzene rings is 1. The Morgan fingerprint density at radius 3 is 2.44 bits per heavy atom. The van der Waals surface area contributed by atoms with Gasteiger partial charge in [-0.1, -0.05) is 18.2 Å². The predicted octanol–water partition coefficient (Wildman–Crippen LogP) is 2.85. The van der Waals surface area contributed by atoms with Crippen molar-refractivity contribution in [1.82, 2.24) is 14.8 Å². The summed E-state index contributed by atoms with van der Waals surface area (Å²) in [5.41, 5.74) is 2.05. The van der Waals surface area contributed by atoms with Crippen LogP contribution in [-0.4, -0.2) is 40.3 Å². The molecule has 2 fully saturated rings. The highest BCUT2D eigenvalue weighted by molar-refractivity contribution is 5.88. The summed E-state index contributed by atoms with van der Waals surface area (Å²) in [6.45, 7) is 4.18. The number of piperidine rings is 1. The van der Waals surface area contributed by atoms with Crippen molar-refractivity contribution >= 4 is 5.91 Å². The molecule has 130 valence electrons. The number of nitrogens with zero attached hydrogens (tertiary/aromatic N) is 3. The van der Waals surface area contributed by atoms with Crippen LogP contribution in [0.3, 0.4) is 0 Å². The van der Waals surface area contributed by atoms with Crippen LogP contribution in [0.15, 0.2) is 48.8 Å². The van der Waals surface area contributed by atoms with E-state index in [1.165, 1.54) is 12.1 Å². The molecule has 0 atom stereocenters. The van der Waals surface area contributed by atoms with Crippen LogP contribution in [0.4, 0.5) is 4.39 Å². The molecule has 0 aliphatic carbocycles. The molecule has 1 aromatic heterocycles. The summed E-state index contributed by atoms with van der Waals surface area (Å²) in [4.78, 5) is 21.1. The van der Waals surface area contributed by atoms with E-state index >= 15 is 0 Å². The van der Waals surface area contributed by atoms with Crippen molar-refractivity contribution in [3.63, 3.8) is 0 Å². The summed E-state index contributed by atoms with van der Waals surface area (Å²) >= 11 is 0. The van der Waals surface area contributed by atoms with Gasteiger partial charge in [0.25, 0.3) is 0 Å². The summed E-state index contributed by atoms with van der Waals surface area (Å²) in [7, 11) is 0. The Hall–Kier alpha value is -2.27. The van der Waals surface area contributed by atoms with Gasteiger partial charge in [-0.3, -0.25) is 14.7 Å². The fourth-order valence-electron chi connectivity index (χ4n) is 3.95. The number of hydrogen-bond donors (Lipinski definition) is 0. The monoisotopic (exact) mass is 339 g/mol. The van der Waals surface area contributed by atoms with Gasteiger partial charge in [0.2, 0.25) is 5.91 Å². The van der Waals surface area contributed by atoms with E-state index in [0.717, 1.165) is 50.1 Å². The molecule has 2 aromatic rings. The first-order valence-corrected chi connectivity index (χ1v) is 8.80. The third-order valence-corrected chi connectivity index (χ3v) is 5.46. The van der Waals surface area contributed by atoms with Gasteiger partial charge in [0, 0.05) is 32.0 Å². The van der Waals surface area contributed by atoms with Crippen LogP contribution in [0.5, 0.6) is 0 Å². The van der Waals surface area contributed by atoms with Crippen molar-refractivity contribution in [3.05, 3.63) is 65.7 Å². The van der Waals surface area contributed by atoms with Gasteiger partial charge in [-0.2, -0.15) is 0 Å². The van der Waals surface area contributed by atoms with E-state index in [1.54, 1.807) is 6.20 Å². The molecule has 0 radical (unpaired) electrons. The van der Waals surface area contributed by atoms with E-state index in [4.69, 9.17) is 0 Å². The van der Waals surface area contributed by atoms with Crippen LogP contribution in [0.2, 0.25) is 0 Å². The number of rotatable bonds is 4. The van der Waals surface area contributed by atoms with E-state index in [-0.39, 0.29) is 17.1 Å². The molecule has 0 saturated carbocycles. The number of carbonyl (C=O) groups excluding carboxylic acids is 1. The Labute approximate surface area is 147 Å². The number of likely N-dealkylation sites (tertiary alicyclic amines) is 2. The largest absolute Gasteiger partial charge is 0.337 e. The highest BCUT2D eigenvalue weighted by Gasteiger charge is 2.52. The fraction of sp³-hybridized carbons (Fsp3) is 0.400. The summed E-state index contributed by atoms with van der Waals surface area (Å²) in [5, 5.41) is 0. The lowest BCUT2D eigenvalue weighted by Gasteiger charge is -2.52. The van der Waals surface area contributed by atoms with Crippen LogP contribution >= 0.6 is 0 Å². The maximum atomic E-state index is 13.0. The second kappa shape index (κ2) is 6.56. The quantitative estimate of drug-likeness (QED) is 0.804. The molecule has 2 saturated heterocycles. The maximum Gasteiger partial charge on any atom is 0.231 e. The SMILES string of the molecule is O=C1N(Cc2cccnc2)CC12CCN(Cc1ccc(F)cc1)CC2. The zero-order valence-corrected chi connectivity index (χ0v) is 14.2. The van der Waals surface area contributed by atoms with Gasteiger partial charge in [0.15, 0.2) is 0 Å². The van der Waals surface area contributed by atoms with E-state index in [1.807, 2.05) is 35.4 Å². The molecule has 0 N–H and O–H groups in total. The number of carbonyl (C=O) groups is 1. The third-order valence-electron chi connectivity index (χ3n) is 5.46. The molecule has 1 aromatic carbocycles. The number of halogens is 1. The molecule has 3 heterocycles. The van der Waals surface area contributed by atoms with Gasteiger partial charge >= 0.3 is 0 Å². The van der Waals surface area contributed by atoms with E-state index < -0.39 is 0 Å². The van der Waals surface area contributed by atoms with Crippen LogP contribution in [0, 0.1) is 11.2 Å². The first-order chi connectivity index (χ1) is 12.1. The normalized spacial score (nSPS) is 19.9. The summed E-state index contributed by atoms with van der Waals surface area (Å²) in [6, 6.07) is 10.6. The Balaban J connectivity index is 1.30. The summed E-state index contributed by atoms with van der Waals surface area (Å²) in [6.07, 6.45) is 5.40. The topological polar surface area (TPSA) is 36.4 Å². The van der Waals surface area contributed by atoms with Crippen molar-refractivity contribution < 1.29 is 9.18 Å². The van der Waals surface area contributed by atoms with Crippen molar-refractivity contribution in [2.24, 2.45) is 5.41 Å². The molecular weight excluding hydrogens is 317 g/mol. The molecule has 4 rings (SSSR count). The first-order valence-electron chi connectivity index (χ1n) is 8.80. The second-order valence-electron chi connectivity index (χ2n) is 7.21. The average molecular weight is 339 g/mol. The Kier molecular flexibility index (Phi) is 4.25. The number of amides is 1. The molecular formula is C20H22FN3O. The molecule has 1 amide bonds. The van der Waals surface area contributed by atoms with E-state index in [9.17, 15) is 9.18 Å². The molecule has 0 bridgehead atoms. The molecule has 0 unspecified atom stereocenters. The molecule has 4 nitrogen and oxygen atoms in total. The summed E-state index contributed by atoms with van der Waals surface area (Å²) < 4.78 is 13.0. The number of β-lactam (4-membered cyclic amide) rings is 1. The molecule has 1 spiro atoms. The highest BCUT2D eigenvalue weighted by Crippen LogP contribution is 2.42. The van der Waals surface area contributed by atoms with Crippen LogP contribution in [-0.2, 0) is 17.9 Å². The minimum atomic E-state index is -0.199. The standard InChI is InChI=1S/C20H22FN3O/c21-18-5-3-16(4-6-18)13-23-10-7-20(8-11-23)15-24(19(20)25)14-17-2-1-9-22-12-17/h1-6,9,12H,7-8,10-11,13-15H2. The Morgan fingerprint density at radius 1 is 1.04 bits per heavy atom. The minimum Gasteiger partial charge on any atom is -0.337 e. The van der Waals surface area contributed by atoms with Crippen molar-refractivity contribution in [1.29, 1.82) is 0 Å². The highest BCUT2D eigenvalue weighted by atomic mass is 19.1. The van der Waals surface area contributed by atoms with Gasteiger partial charge < -0.3 is 4.90 Å². The molecule has 5 heteroatoms. The lowest BCUT2D eigenvalue weighted by molar-refractivity contribution is -0.166. The van der Waals surface area contributed by atoms with Crippen LogP contribution < -0.4 is 0 Å². The van der Waals surface area contributed by atoms with Crippen molar-refractivity contribution in [2.45, 2.75) is 25.9 Å². The van der Waals surface area contributed by atoms with Gasteiger partial charge in [-0.25, -0.2) is 4.39 Å². The van der Waals surface area contributed by atoms with Gasteiger partial charge in [-0.05, 0) is 55.3 Å². The summed E-state index contributed by atoms with van der Waals surface area (Å²) in [5.74, 6) is 0.0907. The first kappa shape index (κ1) is 16.2. The Morgan fingerprint density at radius 2 is 1.80 bits per heavy atom. The predicted molar refractivity (Wildman–Crippen MR) is 93.0 cm³/mol. The third kappa shape index (κ3) is 3.29. The second-order valence-corrected chi connectivity index (χ2v) is 7.21. The zero-order chi connectivity index (χ0) is 17.3. The lowest BCUT2D eigenvalue weighted by Crippen LogP contribution is -2.64. The van der Waals surface area contributed by atoms with Gasteiger partial charge in [0.05, 0.1) is 5.41 Å². The molecule has 2 aliphatic heterocycles. The number of pyridine rings is 1. The smallest absolute Gasteiger partial charge is 0.231 e. The minimum absolute atomic E-state index is 0.151. The van der Waals surface area contributed by atoms with Crippen molar-refractivity contribution in [3.8, 4) is 0 Å². The van der Waals surface area contributed by atoms with Gasteiger partial charge in [0.1, 0.15) is 5.82 Å². The maximum absolute atomic E-state index is 13.0. The zero-order valence-electron chi connectivity index (χ0n) is 14.2. The lowest BCUT2D eigenvalue weighted by atomic mass is 9.71. The van der Waals surface area contributed by atoms with Crippen molar-refractivity contribution in [2.75, 3.05) is 19.6 Å². The van der Waals surface area contributed by atoms with E-state index in [2.05, 4.69) is 9.88 Å². The molecule has 2 aliphatic rings. The number of hydrogen-bond acceptors (Lipinski definition) is 3. The fourth-order valence-corrected chi connectivity index (χ4v) is 3.95. The van der Waals surface area contributed by atoms with Crippen LogP contribution in [0.25, 0.3) is 0 Å². The number of aromatic nitrogens is 1. The average Bonchev–Trinajstić information content (AvgIpc) is 2.65. The Bertz CT molecular complexity index is 739. The van der Waals surface area contributed by atoms with E-state index in [0.29, 0.717) is 6.54 Å².